The summed E-state index contributed by atoms with van der Waals surface area (Å²) in [6.45, 7) is 8.17. The maximum absolute atomic E-state index is 12.0. The molecule has 2 unspecified atom stereocenters. The summed E-state index contributed by atoms with van der Waals surface area (Å²) in [4.78, 5) is 25.2. The van der Waals surface area contributed by atoms with E-state index in [1.165, 1.54) is 4.90 Å². The first-order chi connectivity index (χ1) is 7.31. The molecule has 16 heavy (non-hydrogen) atoms. The number of hydrogen-bond acceptors (Lipinski definition) is 3. The van der Waals surface area contributed by atoms with E-state index in [1.54, 1.807) is 6.92 Å². The number of hydrogen-bond donors (Lipinski definition) is 1. The standard InChI is InChI=1S/C12H22N2O2/c1-8(2)6-12(4,7-13)14-10(15)5-9(3)11(14)16/h8-9H,5-7,13H2,1-4H3. The minimum Gasteiger partial charge on any atom is -0.328 e. The van der Waals surface area contributed by atoms with Crippen molar-refractivity contribution in [3.8, 4) is 0 Å². The second kappa shape index (κ2) is 4.53. The van der Waals surface area contributed by atoms with Gasteiger partial charge in [0.2, 0.25) is 11.8 Å². The third-order valence-electron chi connectivity index (χ3n) is 3.20. The minimum absolute atomic E-state index is 0.0707. The maximum Gasteiger partial charge on any atom is 0.233 e. The summed E-state index contributed by atoms with van der Waals surface area (Å²) in [6, 6.07) is 0. The van der Waals surface area contributed by atoms with Gasteiger partial charge in [-0.15, -0.1) is 0 Å². The zero-order chi connectivity index (χ0) is 12.5. The Kier molecular flexibility index (Phi) is 3.73. The molecule has 0 bridgehead atoms. The molecule has 2 N–H and O–H groups in total. The van der Waals surface area contributed by atoms with Gasteiger partial charge in [0.15, 0.2) is 0 Å². The molecule has 1 fully saturated rings. The molecule has 1 aliphatic heterocycles. The SMILES string of the molecule is CC(C)CC(C)(CN)N1C(=O)CC(C)C1=O. The van der Waals surface area contributed by atoms with Gasteiger partial charge in [-0.2, -0.15) is 0 Å². The molecule has 1 rings (SSSR count). The third kappa shape index (κ3) is 2.26. The number of carbonyl (C=O) groups is 2. The average Bonchev–Trinajstić information content (AvgIpc) is 2.40. The molecule has 0 spiro atoms. The van der Waals surface area contributed by atoms with Gasteiger partial charge in [-0.1, -0.05) is 20.8 Å². The second-order valence-electron chi connectivity index (χ2n) is 5.47. The lowest BCUT2D eigenvalue weighted by Crippen LogP contribution is -2.55. The lowest BCUT2D eigenvalue weighted by Gasteiger charge is -2.38. The molecule has 92 valence electrons. The number of amides is 2. The van der Waals surface area contributed by atoms with Gasteiger partial charge >= 0.3 is 0 Å². The van der Waals surface area contributed by atoms with Crippen molar-refractivity contribution in [2.75, 3.05) is 6.54 Å². The highest BCUT2D eigenvalue weighted by atomic mass is 16.2. The predicted octanol–water partition coefficient (Wildman–Crippen LogP) is 1.14. The molecule has 1 heterocycles. The summed E-state index contributed by atoms with van der Waals surface area (Å²) in [5, 5.41) is 0. The van der Waals surface area contributed by atoms with Crippen LogP contribution in [0.4, 0.5) is 0 Å². The van der Waals surface area contributed by atoms with E-state index in [0.717, 1.165) is 6.42 Å². The molecule has 0 aliphatic carbocycles. The van der Waals surface area contributed by atoms with Crippen molar-refractivity contribution in [1.29, 1.82) is 0 Å². The van der Waals surface area contributed by atoms with Crippen LogP contribution in [0.1, 0.15) is 40.5 Å². The van der Waals surface area contributed by atoms with Crippen LogP contribution < -0.4 is 5.73 Å². The number of imide groups is 1. The van der Waals surface area contributed by atoms with Gasteiger partial charge in [-0.3, -0.25) is 14.5 Å². The molecule has 2 atom stereocenters. The second-order valence-corrected chi connectivity index (χ2v) is 5.47. The van der Waals surface area contributed by atoms with Crippen LogP contribution in [0.2, 0.25) is 0 Å². The molecule has 0 aromatic heterocycles. The van der Waals surface area contributed by atoms with Crippen molar-refractivity contribution < 1.29 is 9.59 Å². The summed E-state index contributed by atoms with van der Waals surface area (Å²) < 4.78 is 0. The van der Waals surface area contributed by atoms with Gasteiger partial charge in [0, 0.05) is 18.9 Å². The molecule has 1 saturated heterocycles. The van der Waals surface area contributed by atoms with Crippen LogP contribution >= 0.6 is 0 Å². The van der Waals surface area contributed by atoms with Gasteiger partial charge in [-0.05, 0) is 19.3 Å². The quantitative estimate of drug-likeness (QED) is 0.731. The van der Waals surface area contributed by atoms with Gasteiger partial charge in [0.1, 0.15) is 0 Å². The highest BCUT2D eigenvalue weighted by molar-refractivity contribution is 6.04. The number of nitrogens with zero attached hydrogens (tertiary/aromatic N) is 1. The zero-order valence-corrected chi connectivity index (χ0v) is 10.6. The Morgan fingerprint density at radius 1 is 1.50 bits per heavy atom. The van der Waals surface area contributed by atoms with Crippen LogP contribution in [0.25, 0.3) is 0 Å². The van der Waals surface area contributed by atoms with E-state index in [2.05, 4.69) is 13.8 Å². The van der Waals surface area contributed by atoms with Crippen LogP contribution in [0.3, 0.4) is 0 Å². The molecular formula is C12H22N2O2. The van der Waals surface area contributed by atoms with E-state index in [-0.39, 0.29) is 17.7 Å². The van der Waals surface area contributed by atoms with Crippen molar-refractivity contribution in [2.24, 2.45) is 17.6 Å². The lowest BCUT2D eigenvalue weighted by molar-refractivity contribution is -0.146. The fourth-order valence-electron chi connectivity index (χ4n) is 2.50. The third-order valence-corrected chi connectivity index (χ3v) is 3.20. The van der Waals surface area contributed by atoms with Crippen LogP contribution in [0.5, 0.6) is 0 Å². The molecule has 1 aliphatic rings. The number of carbonyl (C=O) groups excluding carboxylic acids is 2. The monoisotopic (exact) mass is 226 g/mol. The molecule has 0 saturated carbocycles. The molecule has 4 heteroatoms. The molecule has 0 aromatic carbocycles. The van der Waals surface area contributed by atoms with Crippen LogP contribution in [0, 0.1) is 11.8 Å². The van der Waals surface area contributed by atoms with Crippen LogP contribution in [-0.2, 0) is 9.59 Å². The maximum atomic E-state index is 12.0. The Morgan fingerprint density at radius 2 is 2.06 bits per heavy atom. The zero-order valence-electron chi connectivity index (χ0n) is 10.6. The largest absolute Gasteiger partial charge is 0.328 e. The summed E-state index contributed by atoms with van der Waals surface area (Å²) >= 11 is 0. The van der Waals surface area contributed by atoms with Crippen LogP contribution in [-0.4, -0.2) is 28.8 Å². The Labute approximate surface area is 97.2 Å². The number of likely N-dealkylation sites (tertiary alicyclic amines) is 1. The normalized spacial score (nSPS) is 25.4. The number of rotatable bonds is 4. The predicted molar refractivity (Wildman–Crippen MR) is 62.5 cm³/mol. The molecule has 4 nitrogen and oxygen atoms in total. The van der Waals surface area contributed by atoms with Crippen molar-refractivity contribution >= 4 is 11.8 Å². The minimum atomic E-state index is -0.521. The van der Waals surface area contributed by atoms with Gasteiger partial charge in [0.25, 0.3) is 0 Å². The first-order valence-corrected chi connectivity index (χ1v) is 5.89. The Bertz CT molecular complexity index is 301. The van der Waals surface area contributed by atoms with E-state index in [9.17, 15) is 9.59 Å². The Morgan fingerprint density at radius 3 is 2.38 bits per heavy atom. The van der Waals surface area contributed by atoms with Crippen molar-refractivity contribution in [3.63, 3.8) is 0 Å². The first kappa shape index (κ1) is 13.2. The molecule has 2 amide bonds. The van der Waals surface area contributed by atoms with E-state index < -0.39 is 5.54 Å². The van der Waals surface area contributed by atoms with Gasteiger partial charge < -0.3 is 5.73 Å². The van der Waals surface area contributed by atoms with Crippen molar-refractivity contribution in [1.82, 2.24) is 4.90 Å². The Balaban J connectivity index is 2.95. The highest BCUT2D eigenvalue weighted by Crippen LogP contribution is 2.31. The highest BCUT2D eigenvalue weighted by Gasteiger charge is 2.45. The fraction of sp³-hybridized carbons (Fsp3) is 0.833. The van der Waals surface area contributed by atoms with E-state index in [0.29, 0.717) is 18.9 Å². The lowest BCUT2D eigenvalue weighted by atomic mass is 9.89. The van der Waals surface area contributed by atoms with E-state index >= 15 is 0 Å². The first-order valence-electron chi connectivity index (χ1n) is 5.89. The molecular weight excluding hydrogens is 204 g/mol. The summed E-state index contributed by atoms with van der Waals surface area (Å²) in [6.07, 6.45) is 1.08. The summed E-state index contributed by atoms with van der Waals surface area (Å²) in [5.74, 6) is 0.0697. The Hall–Kier alpha value is -0.900. The van der Waals surface area contributed by atoms with Crippen molar-refractivity contribution in [3.05, 3.63) is 0 Å². The smallest absolute Gasteiger partial charge is 0.233 e. The van der Waals surface area contributed by atoms with E-state index in [1.807, 2.05) is 6.92 Å². The summed E-state index contributed by atoms with van der Waals surface area (Å²) in [5.41, 5.74) is 5.24. The molecule has 0 aromatic rings. The summed E-state index contributed by atoms with van der Waals surface area (Å²) in [7, 11) is 0. The van der Waals surface area contributed by atoms with Crippen LogP contribution in [0.15, 0.2) is 0 Å². The van der Waals surface area contributed by atoms with Gasteiger partial charge in [-0.25, -0.2) is 0 Å². The number of nitrogens with two attached hydrogens (primary N) is 1. The van der Waals surface area contributed by atoms with Gasteiger partial charge in [0.05, 0.1) is 5.54 Å². The topological polar surface area (TPSA) is 63.4 Å². The molecule has 0 radical (unpaired) electrons. The fourth-order valence-corrected chi connectivity index (χ4v) is 2.50. The average molecular weight is 226 g/mol. The van der Waals surface area contributed by atoms with Crippen molar-refractivity contribution in [2.45, 2.75) is 46.1 Å². The van der Waals surface area contributed by atoms with E-state index in [4.69, 9.17) is 5.73 Å².